The SMILES string of the molecule is Cc1cc(C)c(-c2cn3c(C)c(N(c4ccccc4)c4nc5c6[c-]cccc6c(-c6c(C)cc(C)cc6C)cn5c4C)nc3c3[c-]cccc23)c(C)c1.[Pt+2]. The van der Waals surface area contributed by atoms with E-state index in [1.807, 2.05) is 12.1 Å². The van der Waals surface area contributed by atoms with Crippen molar-refractivity contribution in [1.29, 1.82) is 0 Å². The zero-order chi connectivity index (χ0) is 36.7. The zero-order valence-electron chi connectivity index (χ0n) is 31.9. The molecule has 0 atom stereocenters. The van der Waals surface area contributed by atoms with Crippen LogP contribution in [0, 0.1) is 67.5 Å². The molecule has 0 unspecified atom stereocenters. The van der Waals surface area contributed by atoms with Gasteiger partial charge in [-0.15, -0.1) is 59.3 Å². The number of rotatable bonds is 5. The molecule has 9 aromatic rings. The van der Waals surface area contributed by atoms with Gasteiger partial charge in [0.05, 0.1) is 22.7 Å². The fourth-order valence-corrected chi connectivity index (χ4v) is 8.72. The van der Waals surface area contributed by atoms with E-state index in [0.29, 0.717) is 0 Å². The molecule has 4 aromatic heterocycles. The van der Waals surface area contributed by atoms with E-state index in [0.717, 1.165) is 61.6 Å². The van der Waals surface area contributed by atoms with Gasteiger partial charge in [-0.25, -0.2) is 0 Å². The molecule has 5 aromatic carbocycles. The van der Waals surface area contributed by atoms with Crippen LogP contribution in [-0.4, -0.2) is 18.8 Å². The van der Waals surface area contributed by atoms with E-state index in [9.17, 15) is 0 Å². The molecule has 0 aliphatic rings. The van der Waals surface area contributed by atoms with Gasteiger partial charge in [-0.1, -0.05) is 64.4 Å². The van der Waals surface area contributed by atoms with Crippen molar-refractivity contribution < 1.29 is 21.1 Å². The van der Waals surface area contributed by atoms with Gasteiger partial charge in [0.25, 0.3) is 0 Å². The van der Waals surface area contributed by atoms with Crippen molar-refractivity contribution in [3.05, 3.63) is 160 Å². The summed E-state index contributed by atoms with van der Waals surface area (Å²) in [5.74, 6) is 1.66. The first-order valence-corrected chi connectivity index (χ1v) is 18.3. The van der Waals surface area contributed by atoms with Crippen LogP contribution in [0.15, 0.2) is 103 Å². The third-order valence-corrected chi connectivity index (χ3v) is 10.8. The Bertz CT molecular complexity index is 2710. The van der Waals surface area contributed by atoms with Crippen LogP contribution in [0.3, 0.4) is 0 Å². The Labute approximate surface area is 331 Å². The first-order valence-electron chi connectivity index (χ1n) is 18.3. The van der Waals surface area contributed by atoms with Crippen LogP contribution in [0.2, 0.25) is 0 Å². The van der Waals surface area contributed by atoms with Gasteiger partial charge in [0.1, 0.15) is 11.6 Å². The number of benzene rings is 5. The van der Waals surface area contributed by atoms with E-state index in [2.05, 4.69) is 172 Å². The van der Waals surface area contributed by atoms with Gasteiger partial charge in [-0.05, 0) is 112 Å². The summed E-state index contributed by atoms with van der Waals surface area (Å²) in [6.45, 7) is 17.5. The van der Waals surface area contributed by atoms with Crippen LogP contribution >= 0.6 is 0 Å². The second-order valence-electron chi connectivity index (χ2n) is 14.7. The average Bonchev–Trinajstić information content (AvgIpc) is 3.64. The minimum Gasteiger partial charge on any atom is -0.342 e. The molecule has 268 valence electrons. The van der Waals surface area contributed by atoms with Gasteiger partial charge >= 0.3 is 21.1 Å². The summed E-state index contributed by atoms with van der Waals surface area (Å²) in [4.78, 5) is 13.1. The minimum absolute atomic E-state index is 0. The Morgan fingerprint density at radius 2 is 0.926 bits per heavy atom. The van der Waals surface area contributed by atoms with Crippen LogP contribution in [0.5, 0.6) is 0 Å². The summed E-state index contributed by atoms with van der Waals surface area (Å²) in [5, 5.41) is 4.26. The molecule has 0 aliphatic carbocycles. The van der Waals surface area contributed by atoms with E-state index in [1.54, 1.807) is 0 Å². The number of pyridine rings is 2. The Morgan fingerprint density at radius 1 is 0.519 bits per heavy atom. The maximum atomic E-state index is 5.46. The van der Waals surface area contributed by atoms with E-state index >= 15 is 0 Å². The van der Waals surface area contributed by atoms with E-state index in [-0.39, 0.29) is 21.1 Å². The monoisotopic (exact) mass is 882 g/mol. The molecule has 5 nitrogen and oxygen atoms in total. The first-order chi connectivity index (χ1) is 25.6. The predicted molar refractivity (Wildman–Crippen MR) is 220 cm³/mol. The van der Waals surface area contributed by atoms with Crippen LogP contribution in [0.4, 0.5) is 17.3 Å². The third kappa shape index (κ3) is 5.48. The van der Waals surface area contributed by atoms with Gasteiger partial charge < -0.3 is 8.80 Å². The topological polar surface area (TPSA) is 37.8 Å². The molecule has 0 spiro atoms. The van der Waals surface area contributed by atoms with Crippen LogP contribution in [-0.2, 0) is 21.1 Å². The molecule has 54 heavy (non-hydrogen) atoms. The number of para-hydroxylation sites is 1. The first kappa shape index (κ1) is 35.5. The number of nitrogens with zero attached hydrogens (tertiary/aromatic N) is 5. The number of anilines is 3. The normalized spacial score (nSPS) is 11.6. The number of hydrogen-bond donors (Lipinski definition) is 0. The predicted octanol–water partition coefficient (Wildman–Crippen LogP) is 12.2. The second-order valence-corrected chi connectivity index (χ2v) is 14.7. The number of aryl methyl sites for hydroxylation is 8. The number of hydrogen-bond acceptors (Lipinski definition) is 3. The number of fused-ring (bicyclic) bond motifs is 6. The van der Waals surface area contributed by atoms with E-state index < -0.39 is 0 Å². The molecular formula is C48H41N5Pt. The van der Waals surface area contributed by atoms with Gasteiger partial charge in [-0.3, -0.25) is 14.9 Å². The van der Waals surface area contributed by atoms with Crippen molar-refractivity contribution in [1.82, 2.24) is 18.8 Å². The Morgan fingerprint density at radius 3 is 1.33 bits per heavy atom. The fourth-order valence-electron chi connectivity index (χ4n) is 8.72. The van der Waals surface area contributed by atoms with Crippen molar-refractivity contribution in [3.8, 4) is 22.3 Å². The van der Waals surface area contributed by atoms with Gasteiger partial charge in [0.2, 0.25) is 0 Å². The van der Waals surface area contributed by atoms with Crippen LogP contribution in [0.25, 0.3) is 55.1 Å². The molecule has 4 heterocycles. The van der Waals surface area contributed by atoms with Crippen molar-refractivity contribution in [2.24, 2.45) is 0 Å². The second kappa shape index (κ2) is 13.4. The van der Waals surface area contributed by atoms with Gasteiger partial charge in [-0.2, -0.15) is 0 Å². The van der Waals surface area contributed by atoms with Crippen molar-refractivity contribution >= 4 is 50.2 Å². The smallest absolute Gasteiger partial charge is 0.342 e. The standard InChI is InChI=1S/C48H41N5.Pt/c1-28-22-30(3)43(31(4)23-28)41-26-51-34(7)45(49-47(51)39-20-14-12-18-37(39)41)53(36-16-10-9-11-17-36)46-35(8)52-27-42(44-32(5)24-29(2)25-33(44)6)38-19-13-15-21-40(38)48(52)50-46;/h9-19,22-27H,1-8H3;/q-2;+2. The molecule has 0 amide bonds. The Hall–Kier alpha value is -5.51. The quantitative estimate of drug-likeness (QED) is 0.162. The maximum absolute atomic E-state index is 5.46. The van der Waals surface area contributed by atoms with Crippen molar-refractivity contribution in [3.63, 3.8) is 0 Å². The molecule has 9 rings (SSSR count). The van der Waals surface area contributed by atoms with Gasteiger partial charge in [0.15, 0.2) is 0 Å². The summed E-state index contributed by atoms with van der Waals surface area (Å²) in [6, 6.07) is 39.2. The fraction of sp³-hybridized carbons (Fsp3) is 0.167. The molecule has 0 aliphatic heterocycles. The van der Waals surface area contributed by atoms with Crippen molar-refractivity contribution in [2.75, 3.05) is 4.90 Å². The summed E-state index contributed by atoms with van der Waals surface area (Å²) in [6.07, 6.45) is 4.53. The van der Waals surface area contributed by atoms with Crippen LogP contribution in [0.1, 0.15) is 44.8 Å². The van der Waals surface area contributed by atoms with Gasteiger partial charge in [0, 0.05) is 18.1 Å². The third-order valence-electron chi connectivity index (χ3n) is 10.8. The molecule has 0 fully saturated rings. The average molecular weight is 883 g/mol. The largest absolute Gasteiger partial charge is 2.00 e. The molecule has 0 bridgehead atoms. The summed E-state index contributed by atoms with van der Waals surface area (Å²) < 4.78 is 4.49. The van der Waals surface area contributed by atoms with Crippen molar-refractivity contribution in [2.45, 2.75) is 55.4 Å². The summed E-state index contributed by atoms with van der Waals surface area (Å²) in [7, 11) is 0. The van der Waals surface area contributed by atoms with E-state index in [4.69, 9.17) is 9.97 Å². The molecule has 0 radical (unpaired) electrons. The maximum Gasteiger partial charge on any atom is 2.00 e. The van der Waals surface area contributed by atoms with Crippen LogP contribution < -0.4 is 4.90 Å². The Balaban J connectivity index is 0.00000413. The summed E-state index contributed by atoms with van der Waals surface area (Å²) in [5.41, 5.74) is 17.2. The molecular weight excluding hydrogens is 842 g/mol. The number of aromatic nitrogens is 4. The minimum atomic E-state index is 0. The van der Waals surface area contributed by atoms with E-state index in [1.165, 1.54) is 55.6 Å². The Kier molecular flexibility index (Phi) is 8.82. The molecule has 6 heteroatoms. The molecule has 0 N–H and O–H groups in total. The number of imidazole rings is 2. The molecule has 0 saturated carbocycles. The zero-order valence-corrected chi connectivity index (χ0v) is 34.1. The summed E-state index contributed by atoms with van der Waals surface area (Å²) >= 11 is 0. The molecule has 0 saturated heterocycles.